The number of nitro benzene ring substituents is 1. The summed E-state index contributed by atoms with van der Waals surface area (Å²) in [7, 11) is 2.01. The maximum absolute atomic E-state index is 10.7. The molecule has 1 aromatic carbocycles. The molecule has 1 fully saturated rings. The van der Waals surface area contributed by atoms with Crippen LogP contribution in [0.4, 0.5) is 11.4 Å². The number of non-ortho nitro benzene ring substituents is 1. The van der Waals surface area contributed by atoms with E-state index in [2.05, 4.69) is 27.5 Å². The molecule has 2 rings (SSSR count). The first-order valence-electron chi connectivity index (χ1n) is 5.91. The van der Waals surface area contributed by atoms with Gasteiger partial charge in [0.25, 0.3) is 5.69 Å². The van der Waals surface area contributed by atoms with E-state index in [-0.39, 0.29) is 10.6 Å². The highest BCUT2D eigenvalue weighted by Gasteiger charge is 2.33. The van der Waals surface area contributed by atoms with Crippen molar-refractivity contribution < 1.29 is 4.92 Å². The molecule has 5 nitrogen and oxygen atoms in total. The second-order valence-electron chi connectivity index (χ2n) is 4.64. The molecule has 0 saturated heterocycles. The number of nitrogens with two attached hydrogens (primary N) is 1. The van der Waals surface area contributed by atoms with Gasteiger partial charge < -0.3 is 10.6 Å². The van der Waals surface area contributed by atoms with Crippen LogP contribution in [0.15, 0.2) is 18.2 Å². The number of halogens is 1. The molecular weight excluding hydrogens is 345 g/mol. The number of nitrogens with zero attached hydrogens (tertiary/aromatic N) is 2. The van der Waals surface area contributed by atoms with E-state index >= 15 is 0 Å². The Morgan fingerprint density at radius 1 is 1.61 bits per heavy atom. The molecule has 0 bridgehead atoms. The van der Waals surface area contributed by atoms with Gasteiger partial charge in [-0.1, -0.05) is 0 Å². The van der Waals surface area contributed by atoms with Crippen molar-refractivity contribution >= 4 is 34.0 Å². The molecule has 1 aromatic rings. The van der Waals surface area contributed by atoms with E-state index in [1.807, 2.05) is 13.1 Å². The number of hydrogen-bond donors (Lipinski definition) is 1. The normalized spacial score (nSPS) is 16.4. The van der Waals surface area contributed by atoms with Crippen LogP contribution >= 0.6 is 22.6 Å². The highest BCUT2D eigenvalue weighted by molar-refractivity contribution is 14.1. The van der Waals surface area contributed by atoms with E-state index in [0.29, 0.717) is 18.5 Å². The van der Waals surface area contributed by atoms with Gasteiger partial charge in [-0.05, 0) is 47.4 Å². The van der Waals surface area contributed by atoms with E-state index < -0.39 is 0 Å². The molecule has 0 heterocycles. The molecule has 0 spiro atoms. The Balaban J connectivity index is 2.24. The third-order valence-corrected chi connectivity index (χ3v) is 4.29. The van der Waals surface area contributed by atoms with Gasteiger partial charge in [-0.3, -0.25) is 10.1 Å². The number of likely N-dealkylation sites (N-methyl/N-ethyl adjacent to an activating group) is 1. The second-order valence-corrected chi connectivity index (χ2v) is 5.81. The van der Waals surface area contributed by atoms with Gasteiger partial charge >= 0.3 is 0 Å². The molecule has 1 unspecified atom stereocenters. The summed E-state index contributed by atoms with van der Waals surface area (Å²) in [4.78, 5) is 12.5. The average molecular weight is 361 g/mol. The van der Waals surface area contributed by atoms with Crippen molar-refractivity contribution in [3.63, 3.8) is 0 Å². The van der Waals surface area contributed by atoms with E-state index in [1.54, 1.807) is 12.1 Å². The first-order valence-corrected chi connectivity index (χ1v) is 6.99. The summed E-state index contributed by atoms with van der Waals surface area (Å²) in [6.45, 7) is 0.619. The quantitative estimate of drug-likeness (QED) is 0.497. The Hall–Kier alpha value is -0.890. The van der Waals surface area contributed by atoms with Gasteiger partial charge in [0.15, 0.2) is 0 Å². The Morgan fingerprint density at radius 2 is 2.28 bits per heavy atom. The predicted octanol–water partition coefficient (Wildman–Crippen LogP) is 2.37. The van der Waals surface area contributed by atoms with Crippen LogP contribution in [-0.4, -0.2) is 24.6 Å². The lowest BCUT2D eigenvalue weighted by Gasteiger charge is -2.30. The molecule has 0 radical (unpaired) electrons. The zero-order chi connectivity index (χ0) is 13.3. The van der Waals surface area contributed by atoms with E-state index in [1.165, 1.54) is 12.8 Å². The molecule has 18 heavy (non-hydrogen) atoms. The van der Waals surface area contributed by atoms with Crippen LogP contribution in [0.5, 0.6) is 0 Å². The molecule has 1 aliphatic rings. The Morgan fingerprint density at radius 3 is 2.72 bits per heavy atom. The molecule has 0 aliphatic heterocycles. The topological polar surface area (TPSA) is 72.4 Å². The van der Waals surface area contributed by atoms with Crippen LogP contribution in [0, 0.1) is 19.6 Å². The highest BCUT2D eigenvalue weighted by Crippen LogP contribution is 2.37. The van der Waals surface area contributed by atoms with Crippen molar-refractivity contribution in [3.05, 3.63) is 31.9 Å². The van der Waals surface area contributed by atoms with Gasteiger partial charge in [-0.15, -0.1) is 0 Å². The van der Waals surface area contributed by atoms with Gasteiger partial charge in [0.2, 0.25) is 0 Å². The first-order chi connectivity index (χ1) is 8.54. The van der Waals surface area contributed by atoms with Crippen molar-refractivity contribution in [1.82, 2.24) is 0 Å². The summed E-state index contributed by atoms with van der Waals surface area (Å²) in [6, 6.07) is 5.30. The molecule has 0 amide bonds. The van der Waals surface area contributed by atoms with Gasteiger partial charge in [0, 0.05) is 35.3 Å². The van der Waals surface area contributed by atoms with Gasteiger partial charge in [0.05, 0.1) is 10.6 Å². The van der Waals surface area contributed by atoms with Crippen molar-refractivity contribution in [1.29, 1.82) is 0 Å². The van der Waals surface area contributed by atoms with Gasteiger partial charge in [-0.2, -0.15) is 0 Å². The molecule has 0 aromatic heterocycles. The van der Waals surface area contributed by atoms with Crippen molar-refractivity contribution in [2.24, 2.45) is 11.7 Å². The predicted molar refractivity (Wildman–Crippen MR) is 79.8 cm³/mol. The zero-order valence-electron chi connectivity index (χ0n) is 10.2. The van der Waals surface area contributed by atoms with Gasteiger partial charge in [0.1, 0.15) is 0 Å². The fraction of sp³-hybridized carbons (Fsp3) is 0.500. The van der Waals surface area contributed by atoms with Crippen molar-refractivity contribution in [2.75, 3.05) is 18.5 Å². The lowest BCUT2D eigenvalue weighted by Crippen LogP contribution is -2.40. The number of rotatable bonds is 5. The monoisotopic (exact) mass is 361 g/mol. The second kappa shape index (κ2) is 5.40. The maximum atomic E-state index is 10.7. The lowest BCUT2D eigenvalue weighted by atomic mass is 10.1. The van der Waals surface area contributed by atoms with Crippen molar-refractivity contribution in [3.8, 4) is 0 Å². The Kier molecular flexibility index (Phi) is 4.06. The lowest BCUT2D eigenvalue weighted by molar-refractivity contribution is -0.384. The SMILES string of the molecule is CN(c1ccc([N+](=O)[O-])cc1I)C(CN)C1CC1. The number of benzene rings is 1. The molecular formula is C12H16IN3O2. The number of hydrogen-bond acceptors (Lipinski definition) is 4. The van der Waals surface area contributed by atoms with Crippen LogP contribution in [0.1, 0.15) is 12.8 Å². The first kappa shape index (κ1) is 13.5. The van der Waals surface area contributed by atoms with Crippen molar-refractivity contribution in [2.45, 2.75) is 18.9 Å². The summed E-state index contributed by atoms with van der Waals surface area (Å²) in [6.07, 6.45) is 2.46. The molecule has 2 N–H and O–H groups in total. The summed E-state index contributed by atoms with van der Waals surface area (Å²) >= 11 is 2.14. The van der Waals surface area contributed by atoms with Gasteiger partial charge in [-0.25, -0.2) is 0 Å². The van der Waals surface area contributed by atoms with Crippen LogP contribution in [0.25, 0.3) is 0 Å². The molecule has 98 valence electrons. The Labute approximate surface area is 120 Å². The minimum absolute atomic E-state index is 0.132. The molecule has 1 atom stereocenters. The zero-order valence-corrected chi connectivity index (χ0v) is 12.3. The fourth-order valence-electron chi connectivity index (χ4n) is 2.22. The maximum Gasteiger partial charge on any atom is 0.270 e. The fourth-order valence-corrected chi connectivity index (χ4v) is 3.10. The standard InChI is InChI=1S/C12H16IN3O2/c1-15(12(7-14)8-2-3-8)11-5-4-9(16(17)18)6-10(11)13/h4-6,8,12H,2-3,7,14H2,1H3. The van der Waals surface area contributed by atoms with E-state index in [4.69, 9.17) is 5.73 Å². The van der Waals surface area contributed by atoms with E-state index in [9.17, 15) is 10.1 Å². The number of anilines is 1. The third-order valence-electron chi connectivity index (χ3n) is 3.43. The smallest absolute Gasteiger partial charge is 0.270 e. The summed E-state index contributed by atoms with van der Waals surface area (Å²) in [5, 5.41) is 10.7. The van der Waals surface area contributed by atoms with Crippen LogP contribution in [0.2, 0.25) is 0 Å². The minimum Gasteiger partial charge on any atom is -0.369 e. The summed E-state index contributed by atoms with van der Waals surface area (Å²) in [5.41, 5.74) is 6.98. The molecule has 6 heteroatoms. The Bertz CT molecular complexity index is 463. The van der Waals surface area contributed by atoms with Crippen LogP contribution in [0.3, 0.4) is 0 Å². The summed E-state index contributed by atoms with van der Waals surface area (Å²) in [5.74, 6) is 0.672. The minimum atomic E-state index is -0.368. The van der Waals surface area contributed by atoms with Crippen LogP contribution in [-0.2, 0) is 0 Å². The summed E-state index contributed by atoms with van der Waals surface area (Å²) < 4.78 is 0.892. The van der Waals surface area contributed by atoms with Crippen LogP contribution < -0.4 is 10.6 Å². The largest absolute Gasteiger partial charge is 0.369 e. The van der Waals surface area contributed by atoms with E-state index in [0.717, 1.165) is 9.26 Å². The third kappa shape index (κ3) is 2.74. The average Bonchev–Trinajstić information content (AvgIpc) is 3.14. The molecule has 1 aliphatic carbocycles. The molecule has 1 saturated carbocycles. The number of nitro groups is 1. The highest BCUT2D eigenvalue weighted by atomic mass is 127.